The minimum atomic E-state index is -0.422. The van der Waals surface area contributed by atoms with E-state index in [1.807, 2.05) is 24.3 Å². The molecular weight excluding hydrogens is 288 g/mol. The van der Waals surface area contributed by atoms with E-state index in [0.29, 0.717) is 11.3 Å². The molecule has 0 saturated carbocycles. The monoisotopic (exact) mass is 302 g/mol. The molecule has 1 aliphatic rings. The highest BCUT2D eigenvalue weighted by molar-refractivity contribution is 5.92. The van der Waals surface area contributed by atoms with Gasteiger partial charge in [-0.15, -0.1) is 0 Å². The first-order valence-electron chi connectivity index (χ1n) is 7.44. The molecule has 3 aromatic carbocycles. The zero-order valence-corrected chi connectivity index (χ0v) is 12.3. The van der Waals surface area contributed by atoms with Gasteiger partial charge >= 0.3 is 5.97 Å². The van der Waals surface area contributed by atoms with Gasteiger partial charge in [-0.25, -0.2) is 4.79 Å². The second-order valence-corrected chi connectivity index (χ2v) is 5.55. The van der Waals surface area contributed by atoms with E-state index in [1.54, 1.807) is 12.1 Å². The van der Waals surface area contributed by atoms with Gasteiger partial charge in [-0.05, 0) is 47.0 Å². The number of aromatic hydroxyl groups is 1. The number of hydrogen-bond acceptors (Lipinski definition) is 3. The van der Waals surface area contributed by atoms with Gasteiger partial charge in [0, 0.05) is 12.0 Å². The van der Waals surface area contributed by atoms with E-state index in [9.17, 15) is 9.90 Å². The van der Waals surface area contributed by atoms with Gasteiger partial charge in [-0.3, -0.25) is 0 Å². The average molecular weight is 302 g/mol. The van der Waals surface area contributed by atoms with E-state index < -0.39 is 5.97 Å². The van der Waals surface area contributed by atoms with E-state index >= 15 is 0 Å². The zero-order valence-electron chi connectivity index (χ0n) is 12.3. The maximum Gasteiger partial charge on any atom is 0.343 e. The number of carbonyl (C=O) groups excluding carboxylic acids is 1. The molecule has 112 valence electrons. The number of hydrogen-bond donors (Lipinski definition) is 1. The number of esters is 1. The molecule has 0 unspecified atom stereocenters. The van der Waals surface area contributed by atoms with Crippen molar-refractivity contribution in [3.8, 4) is 22.6 Å². The van der Waals surface area contributed by atoms with E-state index in [2.05, 4.69) is 18.2 Å². The summed E-state index contributed by atoms with van der Waals surface area (Å²) in [5.41, 5.74) is 5.02. The summed E-state index contributed by atoms with van der Waals surface area (Å²) < 4.78 is 5.59. The van der Waals surface area contributed by atoms with Gasteiger partial charge in [-0.2, -0.15) is 0 Å². The van der Waals surface area contributed by atoms with Gasteiger partial charge in [0.1, 0.15) is 11.5 Å². The lowest BCUT2D eigenvalue weighted by Crippen LogP contribution is -2.09. The molecule has 0 aromatic heterocycles. The van der Waals surface area contributed by atoms with Gasteiger partial charge in [0.25, 0.3) is 0 Å². The molecule has 0 spiro atoms. The summed E-state index contributed by atoms with van der Waals surface area (Å²) in [4.78, 5) is 12.3. The van der Waals surface area contributed by atoms with Crippen LogP contribution in [0.1, 0.15) is 21.5 Å². The molecule has 0 aliphatic heterocycles. The molecule has 0 heterocycles. The van der Waals surface area contributed by atoms with Crippen LogP contribution >= 0.6 is 0 Å². The molecule has 0 atom stereocenters. The summed E-state index contributed by atoms with van der Waals surface area (Å²) in [5.74, 6) is 0.295. The lowest BCUT2D eigenvalue weighted by Gasteiger charge is -2.09. The maximum atomic E-state index is 12.3. The van der Waals surface area contributed by atoms with Crippen LogP contribution in [-0.4, -0.2) is 11.1 Å². The Morgan fingerprint density at radius 3 is 2.43 bits per heavy atom. The van der Waals surface area contributed by atoms with Gasteiger partial charge in [0.2, 0.25) is 0 Å². The molecule has 0 saturated heterocycles. The predicted molar refractivity (Wildman–Crippen MR) is 87.7 cm³/mol. The number of fused-ring (bicyclic) bond motifs is 3. The third kappa shape index (κ3) is 2.36. The van der Waals surface area contributed by atoms with Crippen LogP contribution in [0.5, 0.6) is 11.5 Å². The van der Waals surface area contributed by atoms with Crippen molar-refractivity contribution in [1.29, 1.82) is 0 Å². The van der Waals surface area contributed by atoms with Crippen LogP contribution in [0.2, 0.25) is 0 Å². The lowest BCUT2D eigenvalue weighted by atomic mass is 10.1. The van der Waals surface area contributed by atoms with Gasteiger partial charge in [0.15, 0.2) is 0 Å². The van der Waals surface area contributed by atoms with Crippen LogP contribution in [0.4, 0.5) is 0 Å². The normalized spacial score (nSPS) is 11.7. The summed E-state index contributed by atoms with van der Waals surface area (Å²) in [6, 6.07) is 20.1. The summed E-state index contributed by atoms with van der Waals surface area (Å²) >= 11 is 0. The minimum Gasteiger partial charge on any atom is -0.508 e. The molecule has 0 radical (unpaired) electrons. The number of phenolic OH excluding ortho intramolecular Hbond substituents is 1. The molecule has 4 rings (SSSR count). The first kappa shape index (κ1) is 13.6. The van der Waals surface area contributed by atoms with Crippen molar-refractivity contribution in [3.05, 3.63) is 83.4 Å². The van der Waals surface area contributed by atoms with Crippen molar-refractivity contribution < 1.29 is 14.6 Å². The topological polar surface area (TPSA) is 46.5 Å². The molecule has 0 bridgehead atoms. The molecule has 0 amide bonds. The van der Waals surface area contributed by atoms with Gasteiger partial charge < -0.3 is 9.84 Å². The Kier molecular flexibility index (Phi) is 3.12. The van der Waals surface area contributed by atoms with E-state index in [-0.39, 0.29) is 5.75 Å². The Hall–Kier alpha value is -3.07. The highest BCUT2D eigenvalue weighted by atomic mass is 16.5. The summed E-state index contributed by atoms with van der Waals surface area (Å²) in [6.07, 6.45) is 0.768. The number of ether oxygens (including phenoxy) is 1. The lowest BCUT2D eigenvalue weighted by molar-refractivity contribution is 0.0733. The van der Waals surface area contributed by atoms with Crippen LogP contribution in [0.3, 0.4) is 0 Å². The van der Waals surface area contributed by atoms with Crippen LogP contribution in [0.15, 0.2) is 66.7 Å². The molecule has 1 aliphatic carbocycles. The summed E-state index contributed by atoms with van der Waals surface area (Å²) in [7, 11) is 0. The fraction of sp³-hybridized carbons (Fsp3) is 0.0500. The van der Waals surface area contributed by atoms with Crippen LogP contribution in [0, 0.1) is 0 Å². The van der Waals surface area contributed by atoms with Crippen molar-refractivity contribution in [2.75, 3.05) is 0 Å². The standard InChI is InChI=1S/C20H14O3/c21-15-10-8-13(9-11-15)20(22)23-19-7-3-6-17-16-5-2-1-4-14(16)12-18(17)19/h1-11,21H,12H2. The average Bonchev–Trinajstić information content (AvgIpc) is 2.95. The molecule has 3 aromatic rings. The smallest absolute Gasteiger partial charge is 0.343 e. The second-order valence-electron chi connectivity index (χ2n) is 5.55. The van der Waals surface area contributed by atoms with Crippen LogP contribution in [-0.2, 0) is 6.42 Å². The Balaban J connectivity index is 1.67. The summed E-state index contributed by atoms with van der Waals surface area (Å²) in [5, 5.41) is 9.30. The van der Waals surface area contributed by atoms with Crippen molar-refractivity contribution in [2.45, 2.75) is 6.42 Å². The first-order valence-corrected chi connectivity index (χ1v) is 7.44. The highest BCUT2D eigenvalue weighted by Crippen LogP contribution is 2.41. The van der Waals surface area contributed by atoms with Gasteiger partial charge in [0.05, 0.1) is 5.56 Å². The van der Waals surface area contributed by atoms with Crippen molar-refractivity contribution in [1.82, 2.24) is 0 Å². The van der Waals surface area contributed by atoms with Gasteiger partial charge in [-0.1, -0.05) is 36.4 Å². The minimum absolute atomic E-state index is 0.123. The molecule has 1 N–H and O–H groups in total. The van der Waals surface area contributed by atoms with E-state index in [0.717, 1.165) is 17.5 Å². The fourth-order valence-electron chi connectivity index (χ4n) is 2.98. The number of rotatable bonds is 2. The molecule has 0 fully saturated rings. The third-order valence-electron chi connectivity index (χ3n) is 4.11. The molecule has 23 heavy (non-hydrogen) atoms. The zero-order chi connectivity index (χ0) is 15.8. The van der Waals surface area contributed by atoms with Crippen molar-refractivity contribution in [3.63, 3.8) is 0 Å². The fourth-order valence-corrected chi connectivity index (χ4v) is 2.98. The Morgan fingerprint density at radius 1 is 0.870 bits per heavy atom. The third-order valence-corrected chi connectivity index (χ3v) is 4.11. The number of benzene rings is 3. The SMILES string of the molecule is O=C(Oc1cccc2c1Cc1ccccc1-2)c1ccc(O)cc1. The molecule has 3 nitrogen and oxygen atoms in total. The first-order chi connectivity index (χ1) is 11.2. The predicted octanol–water partition coefficient (Wildman–Crippen LogP) is 4.18. The number of phenols is 1. The van der Waals surface area contributed by atoms with Crippen LogP contribution in [0.25, 0.3) is 11.1 Å². The maximum absolute atomic E-state index is 12.3. The quantitative estimate of drug-likeness (QED) is 0.446. The van der Waals surface area contributed by atoms with Crippen molar-refractivity contribution in [2.24, 2.45) is 0 Å². The van der Waals surface area contributed by atoms with E-state index in [4.69, 9.17) is 4.74 Å². The molecular formula is C20H14O3. The Bertz CT molecular complexity index is 895. The molecule has 3 heteroatoms. The Labute approximate surface area is 133 Å². The van der Waals surface area contributed by atoms with Crippen LogP contribution < -0.4 is 4.74 Å². The highest BCUT2D eigenvalue weighted by Gasteiger charge is 2.22. The second kappa shape index (κ2) is 5.29. The van der Waals surface area contributed by atoms with E-state index in [1.165, 1.54) is 23.3 Å². The Morgan fingerprint density at radius 2 is 1.61 bits per heavy atom. The van der Waals surface area contributed by atoms with Crippen molar-refractivity contribution >= 4 is 5.97 Å². The number of carbonyl (C=O) groups is 1. The largest absolute Gasteiger partial charge is 0.508 e. The summed E-state index contributed by atoms with van der Waals surface area (Å²) in [6.45, 7) is 0.